The highest BCUT2D eigenvalue weighted by Crippen LogP contribution is 2.30. The molecule has 0 radical (unpaired) electrons. The Bertz CT molecular complexity index is 279. The Morgan fingerprint density at radius 1 is 1.22 bits per heavy atom. The average Bonchev–Trinajstić information content (AvgIpc) is 2.59. The minimum Gasteiger partial charge on any atom is -0.310 e. The van der Waals surface area contributed by atoms with Gasteiger partial charge in [-0.3, -0.25) is 0 Å². The number of nitrogens with zero attached hydrogens (tertiary/aromatic N) is 1. The Labute approximate surface area is 116 Å². The molecule has 3 heteroatoms. The molecule has 1 spiro atoms. The molecule has 2 fully saturated rings. The molecule has 1 aliphatic heterocycles. The fourth-order valence-electron chi connectivity index (χ4n) is 3.30. The van der Waals surface area contributed by atoms with E-state index in [0.29, 0.717) is 5.54 Å². The predicted molar refractivity (Wildman–Crippen MR) is 81.0 cm³/mol. The second-order valence-electron chi connectivity index (χ2n) is 5.65. The molecular formula is C15H26N2S. The van der Waals surface area contributed by atoms with Gasteiger partial charge in [-0.25, -0.2) is 0 Å². The zero-order chi connectivity index (χ0) is 12.7. The lowest BCUT2D eigenvalue weighted by Crippen LogP contribution is -2.52. The van der Waals surface area contributed by atoms with Crippen LogP contribution < -0.4 is 5.32 Å². The number of hydrogen-bond donors (Lipinski definition) is 1. The van der Waals surface area contributed by atoms with Gasteiger partial charge in [0.25, 0.3) is 0 Å². The van der Waals surface area contributed by atoms with Crippen LogP contribution in [0.3, 0.4) is 0 Å². The zero-order valence-electron chi connectivity index (χ0n) is 11.4. The van der Waals surface area contributed by atoms with Crippen molar-refractivity contribution in [2.24, 2.45) is 0 Å². The number of nitrogens with one attached hydrogen (secondary N) is 1. The van der Waals surface area contributed by atoms with Crippen molar-refractivity contribution in [1.82, 2.24) is 10.2 Å². The van der Waals surface area contributed by atoms with E-state index >= 15 is 0 Å². The number of thioether (sulfide) groups is 1. The van der Waals surface area contributed by atoms with Gasteiger partial charge in [-0.15, -0.1) is 18.2 Å². The Kier molecular flexibility index (Phi) is 5.88. The molecular weight excluding hydrogens is 240 g/mol. The van der Waals surface area contributed by atoms with Crippen molar-refractivity contribution in [1.29, 1.82) is 0 Å². The highest BCUT2D eigenvalue weighted by molar-refractivity contribution is 7.99. The molecule has 1 saturated heterocycles. The molecule has 18 heavy (non-hydrogen) atoms. The van der Waals surface area contributed by atoms with E-state index in [1.165, 1.54) is 70.5 Å². The smallest absolute Gasteiger partial charge is 0.0545 e. The molecule has 0 atom stereocenters. The Morgan fingerprint density at radius 3 is 2.83 bits per heavy atom. The number of terminal acetylenes is 1. The molecule has 1 heterocycles. The Balaban J connectivity index is 1.81. The van der Waals surface area contributed by atoms with E-state index in [-0.39, 0.29) is 0 Å². The zero-order valence-corrected chi connectivity index (χ0v) is 12.2. The maximum absolute atomic E-state index is 5.29. The summed E-state index contributed by atoms with van der Waals surface area (Å²) < 4.78 is 0. The second-order valence-corrected chi connectivity index (χ2v) is 6.76. The quantitative estimate of drug-likeness (QED) is 0.621. The lowest BCUT2D eigenvalue weighted by Gasteiger charge is -2.40. The third-order valence-corrected chi connectivity index (χ3v) is 5.07. The largest absolute Gasteiger partial charge is 0.310 e. The number of hydrogen-bond acceptors (Lipinski definition) is 3. The van der Waals surface area contributed by atoms with E-state index in [9.17, 15) is 0 Å². The van der Waals surface area contributed by atoms with Gasteiger partial charge in [0, 0.05) is 24.4 Å². The molecule has 2 aliphatic rings. The minimum atomic E-state index is 0.436. The summed E-state index contributed by atoms with van der Waals surface area (Å²) in [6, 6.07) is 0. The van der Waals surface area contributed by atoms with Gasteiger partial charge in [0.2, 0.25) is 0 Å². The van der Waals surface area contributed by atoms with Crippen molar-refractivity contribution in [3.05, 3.63) is 0 Å². The highest BCUT2D eigenvalue weighted by Gasteiger charge is 2.34. The van der Waals surface area contributed by atoms with Gasteiger partial charge in [0.1, 0.15) is 0 Å². The van der Waals surface area contributed by atoms with Gasteiger partial charge in [-0.05, 0) is 32.4 Å². The topological polar surface area (TPSA) is 15.3 Å². The van der Waals surface area contributed by atoms with E-state index in [1.54, 1.807) is 0 Å². The van der Waals surface area contributed by atoms with E-state index in [2.05, 4.69) is 16.1 Å². The molecule has 2 rings (SSSR count). The molecule has 0 aromatic heterocycles. The lowest BCUT2D eigenvalue weighted by molar-refractivity contribution is 0.170. The fourth-order valence-corrected chi connectivity index (χ4v) is 3.95. The van der Waals surface area contributed by atoms with E-state index in [0.717, 1.165) is 5.75 Å². The van der Waals surface area contributed by atoms with Crippen LogP contribution >= 0.6 is 11.8 Å². The van der Waals surface area contributed by atoms with Crippen molar-refractivity contribution < 1.29 is 0 Å². The second kappa shape index (κ2) is 7.43. The molecule has 1 N–H and O–H groups in total. The van der Waals surface area contributed by atoms with Gasteiger partial charge < -0.3 is 10.2 Å². The van der Waals surface area contributed by atoms with Crippen LogP contribution in [-0.4, -0.2) is 48.1 Å². The molecule has 2 nitrogen and oxygen atoms in total. The van der Waals surface area contributed by atoms with Crippen molar-refractivity contribution in [3.63, 3.8) is 0 Å². The van der Waals surface area contributed by atoms with E-state index < -0.39 is 0 Å². The van der Waals surface area contributed by atoms with Crippen molar-refractivity contribution in [2.45, 2.75) is 44.1 Å². The molecule has 0 unspecified atom stereocenters. The summed E-state index contributed by atoms with van der Waals surface area (Å²) in [5, 5.41) is 3.85. The normalized spacial score (nSPS) is 24.6. The van der Waals surface area contributed by atoms with Gasteiger partial charge in [0.05, 0.1) is 5.75 Å². The van der Waals surface area contributed by atoms with Crippen molar-refractivity contribution in [2.75, 3.05) is 37.7 Å². The highest BCUT2D eigenvalue weighted by atomic mass is 32.2. The summed E-state index contributed by atoms with van der Waals surface area (Å²) in [5.41, 5.74) is 0.436. The third-order valence-electron chi connectivity index (χ3n) is 4.23. The van der Waals surface area contributed by atoms with Crippen molar-refractivity contribution >= 4 is 11.8 Å². The first-order chi connectivity index (χ1) is 8.85. The summed E-state index contributed by atoms with van der Waals surface area (Å²) in [4.78, 5) is 2.66. The first kappa shape index (κ1) is 14.2. The van der Waals surface area contributed by atoms with E-state index in [4.69, 9.17) is 6.42 Å². The monoisotopic (exact) mass is 266 g/mol. The predicted octanol–water partition coefficient (Wildman–Crippen LogP) is 2.35. The van der Waals surface area contributed by atoms with Gasteiger partial charge in [0.15, 0.2) is 0 Å². The summed E-state index contributed by atoms with van der Waals surface area (Å²) in [6.07, 6.45) is 13.6. The molecule has 102 valence electrons. The van der Waals surface area contributed by atoms with Crippen LogP contribution in [0.4, 0.5) is 0 Å². The van der Waals surface area contributed by atoms with Crippen LogP contribution in [0.2, 0.25) is 0 Å². The van der Waals surface area contributed by atoms with Crippen molar-refractivity contribution in [3.8, 4) is 12.3 Å². The van der Waals surface area contributed by atoms with Gasteiger partial charge in [-0.2, -0.15) is 0 Å². The van der Waals surface area contributed by atoms with Crippen LogP contribution in [0, 0.1) is 12.3 Å². The summed E-state index contributed by atoms with van der Waals surface area (Å²) >= 11 is 1.89. The fraction of sp³-hybridized carbons (Fsp3) is 0.867. The maximum atomic E-state index is 5.29. The Hall–Kier alpha value is -0.170. The van der Waals surface area contributed by atoms with Crippen LogP contribution in [0.5, 0.6) is 0 Å². The number of rotatable bonds is 4. The van der Waals surface area contributed by atoms with Gasteiger partial charge in [-0.1, -0.05) is 25.2 Å². The standard InChI is InChI=1S/C15H26N2S/c1-2-12-18-13-11-17-10-6-9-16-15(14-17)7-4-3-5-8-15/h1,16H,3-14H2. The molecule has 0 aromatic carbocycles. The first-order valence-electron chi connectivity index (χ1n) is 7.33. The lowest BCUT2D eigenvalue weighted by atomic mass is 9.81. The maximum Gasteiger partial charge on any atom is 0.0545 e. The average molecular weight is 266 g/mol. The molecule has 0 bridgehead atoms. The van der Waals surface area contributed by atoms with Crippen LogP contribution in [0.15, 0.2) is 0 Å². The minimum absolute atomic E-state index is 0.436. The Morgan fingerprint density at radius 2 is 2.06 bits per heavy atom. The molecule has 0 aromatic rings. The molecule has 1 aliphatic carbocycles. The summed E-state index contributed by atoms with van der Waals surface area (Å²) in [5.74, 6) is 4.75. The summed E-state index contributed by atoms with van der Waals surface area (Å²) in [7, 11) is 0. The van der Waals surface area contributed by atoms with Gasteiger partial charge >= 0.3 is 0 Å². The SMILES string of the molecule is C#CCSCCN1CCCNC2(CCCCC2)C1. The van der Waals surface area contributed by atoms with E-state index in [1.807, 2.05) is 11.8 Å². The molecule has 1 saturated carbocycles. The first-order valence-corrected chi connectivity index (χ1v) is 8.49. The van der Waals surface area contributed by atoms with Crippen LogP contribution in [0.1, 0.15) is 38.5 Å². The third kappa shape index (κ3) is 4.19. The van der Waals surface area contributed by atoms with Crippen LogP contribution in [0.25, 0.3) is 0 Å². The summed E-state index contributed by atoms with van der Waals surface area (Å²) in [6.45, 7) is 4.92. The molecule has 0 amide bonds. The van der Waals surface area contributed by atoms with Crippen LogP contribution in [-0.2, 0) is 0 Å².